The number of H-pyrrole nitrogens is 1. The fraction of sp³-hybridized carbons (Fsp3) is 0.167. The molecule has 162 valence electrons. The predicted octanol–water partition coefficient (Wildman–Crippen LogP) is 4.05. The first-order chi connectivity index (χ1) is 15.5. The fourth-order valence-electron chi connectivity index (χ4n) is 3.99. The minimum Gasteiger partial charge on any atom is -0.378 e. The van der Waals surface area contributed by atoms with Crippen molar-refractivity contribution in [3.8, 4) is 0 Å². The topological polar surface area (TPSA) is 74.4 Å². The van der Waals surface area contributed by atoms with Gasteiger partial charge in [-0.05, 0) is 48.5 Å². The third kappa shape index (κ3) is 3.69. The van der Waals surface area contributed by atoms with Crippen molar-refractivity contribution < 1.29 is 18.3 Å². The maximum absolute atomic E-state index is 14.3. The van der Waals surface area contributed by atoms with Crippen LogP contribution >= 0.6 is 0 Å². The molecular formula is C24H19F2N3O3. The summed E-state index contributed by atoms with van der Waals surface area (Å²) in [6, 6.07) is 13.2. The highest BCUT2D eigenvalue weighted by Crippen LogP contribution is 2.24. The van der Waals surface area contributed by atoms with E-state index in [1.54, 1.807) is 6.07 Å². The van der Waals surface area contributed by atoms with Gasteiger partial charge in [0.05, 0.1) is 24.3 Å². The number of halogens is 2. The van der Waals surface area contributed by atoms with E-state index < -0.39 is 23.0 Å². The highest BCUT2D eigenvalue weighted by atomic mass is 19.1. The minimum absolute atomic E-state index is 0.0138. The Bertz CT molecular complexity index is 1410. The number of anilines is 2. The molecule has 0 bridgehead atoms. The van der Waals surface area contributed by atoms with Gasteiger partial charge in [0.15, 0.2) is 5.43 Å². The number of morpholine rings is 1. The highest BCUT2D eigenvalue weighted by Gasteiger charge is 2.18. The fourth-order valence-corrected chi connectivity index (χ4v) is 3.99. The summed E-state index contributed by atoms with van der Waals surface area (Å²) in [5.41, 5.74) is 1.48. The Labute approximate surface area is 181 Å². The lowest BCUT2D eigenvalue weighted by atomic mass is 10.0. The zero-order valence-corrected chi connectivity index (χ0v) is 17.0. The van der Waals surface area contributed by atoms with Crippen LogP contribution in [-0.2, 0) is 4.74 Å². The van der Waals surface area contributed by atoms with Crippen LogP contribution in [0.1, 0.15) is 10.4 Å². The van der Waals surface area contributed by atoms with Gasteiger partial charge < -0.3 is 19.9 Å². The number of pyridine rings is 1. The van der Waals surface area contributed by atoms with Crippen LogP contribution in [0.4, 0.5) is 20.2 Å². The lowest BCUT2D eigenvalue weighted by Crippen LogP contribution is -2.36. The SMILES string of the molecule is O=C(Nc1cccc(N2CCOCC2)c1)c1cc(F)cc2c(=O)c3cc(F)ccc3[nH]c12. The van der Waals surface area contributed by atoms with Crippen molar-refractivity contribution in [3.63, 3.8) is 0 Å². The summed E-state index contributed by atoms with van der Waals surface area (Å²) in [6.45, 7) is 2.77. The maximum Gasteiger partial charge on any atom is 0.257 e. The van der Waals surface area contributed by atoms with Crippen LogP contribution in [0.5, 0.6) is 0 Å². The molecule has 0 aliphatic carbocycles. The van der Waals surface area contributed by atoms with Crippen molar-refractivity contribution in [2.24, 2.45) is 0 Å². The molecule has 2 N–H and O–H groups in total. The molecule has 1 aliphatic heterocycles. The molecule has 0 saturated carbocycles. The van der Waals surface area contributed by atoms with Crippen LogP contribution in [0.2, 0.25) is 0 Å². The molecule has 4 aromatic rings. The summed E-state index contributed by atoms with van der Waals surface area (Å²) in [5.74, 6) is -1.87. The summed E-state index contributed by atoms with van der Waals surface area (Å²) < 4.78 is 33.3. The lowest BCUT2D eigenvalue weighted by Gasteiger charge is -2.29. The predicted molar refractivity (Wildman–Crippen MR) is 119 cm³/mol. The normalized spacial score (nSPS) is 14.1. The van der Waals surface area contributed by atoms with Gasteiger partial charge in [0.25, 0.3) is 5.91 Å². The maximum atomic E-state index is 14.3. The van der Waals surface area contributed by atoms with Crippen molar-refractivity contribution in [2.45, 2.75) is 0 Å². The van der Waals surface area contributed by atoms with Crippen molar-refractivity contribution in [3.05, 3.63) is 82.0 Å². The third-order valence-electron chi connectivity index (χ3n) is 5.56. The van der Waals surface area contributed by atoms with Crippen LogP contribution in [0.25, 0.3) is 21.8 Å². The molecule has 3 aromatic carbocycles. The van der Waals surface area contributed by atoms with E-state index in [2.05, 4.69) is 15.2 Å². The van der Waals surface area contributed by atoms with E-state index >= 15 is 0 Å². The molecular weight excluding hydrogens is 416 g/mol. The highest BCUT2D eigenvalue weighted by molar-refractivity contribution is 6.13. The van der Waals surface area contributed by atoms with E-state index in [9.17, 15) is 18.4 Å². The standard InChI is InChI=1S/C24H19F2N3O3/c25-14-4-5-21-18(10-14)23(30)19-11-15(26)12-20(22(19)28-21)24(31)27-16-2-1-3-17(13-16)29-6-8-32-9-7-29/h1-5,10-13H,6-9H2,(H,27,31)(H,28,30). The molecule has 0 radical (unpaired) electrons. The number of hydrogen-bond acceptors (Lipinski definition) is 4. The minimum atomic E-state index is -0.731. The second-order valence-corrected chi connectivity index (χ2v) is 7.62. The molecule has 1 fully saturated rings. The first-order valence-corrected chi connectivity index (χ1v) is 10.2. The van der Waals surface area contributed by atoms with Crippen molar-refractivity contribution in [1.82, 2.24) is 4.98 Å². The quantitative estimate of drug-likeness (QED) is 0.476. The number of nitrogens with one attached hydrogen (secondary N) is 2. The van der Waals surface area contributed by atoms with Crippen molar-refractivity contribution >= 4 is 39.1 Å². The average Bonchev–Trinajstić information content (AvgIpc) is 2.80. The Morgan fingerprint density at radius 2 is 1.75 bits per heavy atom. The molecule has 32 heavy (non-hydrogen) atoms. The van der Waals surface area contributed by atoms with E-state index in [-0.39, 0.29) is 21.9 Å². The van der Waals surface area contributed by atoms with Gasteiger partial charge >= 0.3 is 0 Å². The van der Waals surface area contributed by atoms with Crippen LogP contribution in [0.3, 0.4) is 0 Å². The first kappa shape index (κ1) is 20.1. The number of amides is 1. The second-order valence-electron chi connectivity index (χ2n) is 7.62. The Morgan fingerprint density at radius 1 is 0.969 bits per heavy atom. The number of fused-ring (bicyclic) bond motifs is 2. The monoisotopic (exact) mass is 435 g/mol. The smallest absolute Gasteiger partial charge is 0.257 e. The number of carbonyl (C=O) groups is 1. The molecule has 1 aliphatic rings. The summed E-state index contributed by atoms with van der Waals surface area (Å²) in [6.07, 6.45) is 0. The summed E-state index contributed by atoms with van der Waals surface area (Å²) in [4.78, 5) is 31.1. The third-order valence-corrected chi connectivity index (χ3v) is 5.56. The zero-order valence-electron chi connectivity index (χ0n) is 17.0. The zero-order chi connectivity index (χ0) is 22.2. The molecule has 0 atom stereocenters. The number of rotatable bonds is 3. The molecule has 6 nitrogen and oxygen atoms in total. The van der Waals surface area contributed by atoms with Crippen LogP contribution in [0.15, 0.2) is 59.4 Å². The van der Waals surface area contributed by atoms with E-state index in [0.29, 0.717) is 24.4 Å². The first-order valence-electron chi connectivity index (χ1n) is 10.2. The molecule has 0 unspecified atom stereocenters. The molecule has 8 heteroatoms. The van der Waals surface area contributed by atoms with Crippen LogP contribution in [0, 0.1) is 11.6 Å². The Hall–Kier alpha value is -3.78. The van der Waals surface area contributed by atoms with E-state index in [1.807, 2.05) is 18.2 Å². The number of ether oxygens (including phenoxy) is 1. The van der Waals surface area contributed by atoms with Crippen LogP contribution in [-0.4, -0.2) is 37.2 Å². The average molecular weight is 435 g/mol. The molecule has 2 heterocycles. The molecule has 5 rings (SSSR count). The molecule has 1 amide bonds. The number of nitrogens with zero attached hydrogens (tertiary/aromatic N) is 1. The van der Waals surface area contributed by atoms with Gasteiger partial charge in [-0.2, -0.15) is 0 Å². The van der Waals surface area contributed by atoms with E-state index in [4.69, 9.17) is 4.74 Å². The molecule has 1 aromatic heterocycles. The van der Waals surface area contributed by atoms with E-state index in [0.717, 1.165) is 37.0 Å². The van der Waals surface area contributed by atoms with E-state index in [1.165, 1.54) is 12.1 Å². The van der Waals surface area contributed by atoms with Gasteiger partial charge in [-0.25, -0.2) is 8.78 Å². The Balaban J connectivity index is 1.54. The Kier molecular flexibility index (Phi) is 5.07. The summed E-state index contributed by atoms with van der Waals surface area (Å²) in [5, 5.41) is 2.86. The lowest BCUT2D eigenvalue weighted by molar-refractivity contribution is 0.102. The van der Waals surface area contributed by atoms with Gasteiger partial charge in [-0.3, -0.25) is 9.59 Å². The number of aromatic amines is 1. The number of aromatic nitrogens is 1. The van der Waals surface area contributed by atoms with Gasteiger partial charge in [-0.1, -0.05) is 6.07 Å². The summed E-state index contributed by atoms with van der Waals surface area (Å²) >= 11 is 0. The largest absolute Gasteiger partial charge is 0.378 e. The van der Waals surface area contributed by atoms with Gasteiger partial charge in [0.2, 0.25) is 0 Å². The Morgan fingerprint density at radius 3 is 2.56 bits per heavy atom. The van der Waals surface area contributed by atoms with Gasteiger partial charge in [0, 0.05) is 40.8 Å². The molecule has 0 spiro atoms. The van der Waals surface area contributed by atoms with Crippen molar-refractivity contribution in [1.29, 1.82) is 0 Å². The van der Waals surface area contributed by atoms with Gasteiger partial charge in [-0.15, -0.1) is 0 Å². The molecule has 1 saturated heterocycles. The second kappa shape index (κ2) is 8.05. The number of hydrogen-bond donors (Lipinski definition) is 2. The van der Waals surface area contributed by atoms with Gasteiger partial charge in [0.1, 0.15) is 11.6 Å². The summed E-state index contributed by atoms with van der Waals surface area (Å²) in [7, 11) is 0. The van der Waals surface area contributed by atoms with Crippen molar-refractivity contribution in [2.75, 3.05) is 36.5 Å². The number of benzene rings is 3. The number of carbonyl (C=O) groups excluding carboxylic acids is 1. The van der Waals surface area contributed by atoms with Crippen LogP contribution < -0.4 is 15.6 Å².